The molecule has 2 N–H and O–H groups in total. The minimum atomic E-state index is -4.00. The predicted molar refractivity (Wildman–Crippen MR) is 98.7 cm³/mol. The van der Waals surface area contributed by atoms with Crippen LogP contribution in [0.1, 0.15) is 10.4 Å². The third-order valence-corrected chi connectivity index (χ3v) is 5.51. The summed E-state index contributed by atoms with van der Waals surface area (Å²) >= 11 is 9.31. The Bertz CT molecular complexity index is 1060. The van der Waals surface area contributed by atoms with Gasteiger partial charge >= 0.3 is 0 Å². The van der Waals surface area contributed by atoms with Crippen LogP contribution in [-0.2, 0) is 10.0 Å². The molecular formula is C16H11BrClN3O3S. The van der Waals surface area contributed by atoms with E-state index in [9.17, 15) is 13.2 Å². The van der Waals surface area contributed by atoms with Gasteiger partial charge in [0.25, 0.3) is 15.9 Å². The van der Waals surface area contributed by atoms with Crippen LogP contribution in [0.2, 0.25) is 5.02 Å². The maximum Gasteiger partial charge on any atom is 0.266 e. The molecule has 0 bridgehead atoms. The number of amides is 1. The van der Waals surface area contributed by atoms with Gasteiger partial charge < -0.3 is 0 Å². The van der Waals surface area contributed by atoms with Gasteiger partial charge in [0.15, 0.2) is 0 Å². The lowest BCUT2D eigenvalue weighted by molar-refractivity contribution is 0.0945. The summed E-state index contributed by atoms with van der Waals surface area (Å²) in [5.74, 6) is -0.576. The lowest BCUT2D eigenvalue weighted by atomic mass is 10.2. The number of carbonyl (C=O) groups excluding carboxylic acids is 1. The second-order valence-electron chi connectivity index (χ2n) is 5.01. The molecule has 0 unspecified atom stereocenters. The molecule has 128 valence electrons. The van der Waals surface area contributed by atoms with E-state index in [1.807, 2.05) is 0 Å². The molecule has 0 saturated heterocycles. The van der Waals surface area contributed by atoms with Crippen molar-refractivity contribution in [2.24, 2.45) is 0 Å². The Morgan fingerprint density at radius 2 is 1.80 bits per heavy atom. The van der Waals surface area contributed by atoms with Crippen molar-refractivity contribution in [1.82, 2.24) is 15.2 Å². The molecule has 0 aliphatic heterocycles. The third kappa shape index (κ3) is 3.82. The number of hydrazine groups is 1. The van der Waals surface area contributed by atoms with E-state index < -0.39 is 15.9 Å². The third-order valence-electron chi connectivity index (χ3n) is 3.38. The molecule has 0 fully saturated rings. The summed E-state index contributed by atoms with van der Waals surface area (Å²) in [6.07, 6.45) is 1.52. The standard InChI is InChI=1S/C16H11BrClN3O3S/c17-11-5-3-10(4-6-11)16(22)20-21-25(23,24)14-8-7-13(18)15-12(14)2-1-9-19-15/h1-9,21H,(H,20,22). The first-order valence-corrected chi connectivity index (χ1v) is 9.65. The first-order valence-electron chi connectivity index (χ1n) is 6.99. The van der Waals surface area contributed by atoms with Crippen LogP contribution >= 0.6 is 27.5 Å². The fourth-order valence-electron chi connectivity index (χ4n) is 2.19. The molecule has 1 amide bonds. The molecule has 1 heterocycles. The van der Waals surface area contributed by atoms with Crippen molar-refractivity contribution in [3.8, 4) is 0 Å². The summed E-state index contributed by atoms with van der Waals surface area (Å²) < 4.78 is 25.9. The van der Waals surface area contributed by atoms with Crippen molar-refractivity contribution in [2.75, 3.05) is 0 Å². The summed E-state index contributed by atoms with van der Waals surface area (Å²) in [5, 5.41) is 0.703. The summed E-state index contributed by atoms with van der Waals surface area (Å²) in [6.45, 7) is 0. The molecule has 3 aromatic rings. The average Bonchev–Trinajstić information content (AvgIpc) is 2.61. The van der Waals surface area contributed by atoms with Crippen LogP contribution in [-0.4, -0.2) is 19.3 Å². The Kier molecular flexibility index (Phi) is 5.05. The van der Waals surface area contributed by atoms with Crippen molar-refractivity contribution < 1.29 is 13.2 Å². The molecule has 6 nitrogen and oxygen atoms in total. The normalized spacial score (nSPS) is 11.4. The largest absolute Gasteiger partial charge is 0.273 e. The summed E-state index contributed by atoms with van der Waals surface area (Å²) in [4.78, 5) is 18.2. The van der Waals surface area contributed by atoms with Crippen molar-refractivity contribution >= 4 is 54.4 Å². The number of sulfonamides is 1. The number of rotatable bonds is 4. The van der Waals surface area contributed by atoms with E-state index in [0.29, 0.717) is 21.5 Å². The van der Waals surface area contributed by atoms with E-state index in [1.165, 1.54) is 18.3 Å². The van der Waals surface area contributed by atoms with Gasteiger partial charge in [0.05, 0.1) is 15.4 Å². The Morgan fingerprint density at radius 3 is 2.52 bits per heavy atom. The molecule has 1 aromatic heterocycles. The van der Waals surface area contributed by atoms with Gasteiger partial charge in [-0.3, -0.25) is 15.2 Å². The highest BCUT2D eigenvalue weighted by molar-refractivity contribution is 9.10. The molecule has 0 aliphatic rings. The number of halogens is 2. The number of pyridine rings is 1. The summed E-state index contributed by atoms with van der Waals surface area (Å²) in [6, 6.07) is 12.5. The van der Waals surface area contributed by atoms with Crippen molar-refractivity contribution in [2.45, 2.75) is 4.90 Å². The topological polar surface area (TPSA) is 88.2 Å². The molecule has 0 radical (unpaired) electrons. The van der Waals surface area contributed by atoms with E-state index in [0.717, 1.165) is 4.47 Å². The Labute approximate surface area is 157 Å². The van der Waals surface area contributed by atoms with Gasteiger partial charge in [-0.25, -0.2) is 8.42 Å². The second-order valence-corrected chi connectivity index (χ2v) is 7.99. The van der Waals surface area contributed by atoms with E-state index in [1.54, 1.807) is 36.4 Å². The summed E-state index contributed by atoms with van der Waals surface area (Å²) in [5.41, 5.74) is 2.87. The van der Waals surface area contributed by atoms with Crippen molar-refractivity contribution in [3.63, 3.8) is 0 Å². The number of benzene rings is 2. The minimum Gasteiger partial charge on any atom is -0.273 e. The molecular weight excluding hydrogens is 430 g/mol. The molecule has 3 rings (SSSR count). The molecule has 25 heavy (non-hydrogen) atoms. The molecule has 2 aromatic carbocycles. The number of hydrogen-bond donors (Lipinski definition) is 2. The minimum absolute atomic E-state index is 0.0314. The van der Waals surface area contributed by atoms with Gasteiger partial charge in [-0.2, -0.15) is 0 Å². The first-order chi connectivity index (χ1) is 11.9. The Morgan fingerprint density at radius 1 is 1.08 bits per heavy atom. The highest BCUT2D eigenvalue weighted by Gasteiger charge is 2.20. The lowest BCUT2D eigenvalue weighted by Crippen LogP contribution is -2.41. The fourth-order valence-corrected chi connectivity index (χ4v) is 3.70. The van der Waals surface area contributed by atoms with E-state index in [4.69, 9.17) is 11.6 Å². The maximum absolute atomic E-state index is 12.5. The first kappa shape index (κ1) is 17.8. The number of fused-ring (bicyclic) bond motifs is 1. The van der Waals surface area contributed by atoms with Crippen LogP contribution in [0.25, 0.3) is 10.9 Å². The highest BCUT2D eigenvalue weighted by Crippen LogP contribution is 2.27. The van der Waals surface area contributed by atoms with Crippen LogP contribution in [0.4, 0.5) is 0 Å². The van der Waals surface area contributed by atoms with E-state index >= 15 is 0 Å². The highest BCUT2D eigenvalue weighted by atomic mass is 79.9. The number of carbonyl (C=O) groups is 1. The maximum atomic E-state index is 12.5. The summed E-state index contributed by atoms with van der Waals surface area (Å²) in [7, 11) is -4.00. The van der Waals surface area contributed by atoms with Gasteiger partial charge in [-0.05, 0) is 48.5 Å². The predicted octanol–water partition coefficient (Wildman–Crippen LogP) is 3.27. The zero-order valence-corrected chi connectivity index (χ0v) is 15.7. The fraction of sp³-hybridized carbons (Fsp3) is 0. The van der Waals surface area contributed by atoms with Crippen LogP contribution in [0, 0.1) is 0 Å². The van der Waals surface area contributed by atoms with Crippen molar-refractivity contribution in [3.05, 3.63) is 69.8 Å². The van der Waals surface area contributed by atoms with Gasteiger partial charge in [-0.15, -0.1) is 4.83 Å². The number of nitrogens with zero attached hydrogens (tertiary/aromatic N) is 1. The lowest BCUT2D eigenvalue weighted by Gasteiger charge is -2.11. The Hall–Kier alpha value is -2.00. The van der Waals surface area contributed by atoms with E-state index in [2.05, 4.69) is 31.2 Å². The van der Waals surface area contributed by atoms with Crippen LogP contribution in [0.3, 0.4) is 0 Å². The molecule has 9 heteroatoms. The number of aromatic nitrogens is 1. The van der Waals surface area contributed by atoms with E-state index in [-0.39, 0.29) is 4.90 Å². The second kappa shape index (κ2) is 7.09. The van der Waals surface area contributed by atoms with Crippen molar-refractivity contribution in [1.29, 1.82) is 0 Å². The zero-order valence-electron chi connectivity index (χ0n) is 12.5. The number of hydrogen-bond acceptors (Lipinski definition) is 4. The smallest absolute Gasteiger partial charge is 0.266 e. The average molecular weight is 441 g/mol. The Balaban J connectivity index is 1.87. The number of nitrogens with one attached hydrogen (secondary N) is 2. The van der Waals surface area contributed by atoms with Gasteiger partial charge in [0, 0.05) is 21.6 Å². The molecule has 0 atom stereocenters. The van der Waals surface area contributed by atoms with Gasteiger partial charge in [0.1, 0.15) is 0 Å². The van der Waals surface area contributed by atoms with Gasteiger partial charge in [-0.1, -0.05) is 27.5 Å². The molecule has 0 spiro atoms. The molecule has 0 saturated carbocycles. The quantitative estimate of drug-likeness (QED) is 0.610. The van der Waals surface area contributed by atoms with Crippen LogP contribution in [0.15, 0.2) is 64.1 Å². The van der Waals surface area contributed by atoms with Crippen LogP contribution < -0.4 is 10.3 Å². The van der Waals surface area contributed by atoms with Gasteiger partial charge in [0.2, 0.25) is 0 Å². The molecule has 0 aliphatic carbocycles. The monoisotopic (exact) mass is 439 g/mol. The SMILES string of the molecule is O=C(NNS(=O)(=O)c1ccc(Cl)c2ncccc12)c1ccc(Br)cc1. The zero-order chi connectivity index (χ0) is 18.0. The van der Waals surface area contributed by atoms with Crippen LogP contribution in [0.5, 0.6) is 0 Å².